The van der Waals surface area contributed by atoms with Crippen LogP contribution in [0, 0.1) is 0 Å². The SMILES string of the molecule is COc1cccc(OC)c1C1OC(C)(C)C(=O)N1Cc1ccc(Oc2ccccc2)nc1. The number of aromatic nitrogens is 1. The zero-order valence-corrected chi connectivity index (χ0v) is 18.6. The molecule has 7 nitrogen and oxygen atoms in total. The number of amides is 1. The van der Waals surface area contributed by atoms with E-state index < -0.39 is 11.8 Å². The van der Waals surface area contributed by atoms with Crippen LogP contribution in [0.4, 0.5) is 0 Å². The lowest BCUT2D eigenvalue weighted by atomic mass is 10.1. The Hall–Kier alpha value is -3.58. The first kappa shape index (κ1) is 21.6. The number of hydrogen-bond donors (Lipinski definition) is 0. The Morgan fingerprint density at radius 3 is 2.25 bits per heavy atom. The number of rotatable bonds is 7. The fraction of sp³-hybridized carbons (Fsp3) is 0.280. The van der Waals surface area contributed by atoms with Gasteiger partial charge < -0.3 is 23.8 Å². The first-order valence-corrected chi connectivity index (χ1v) is 10.3. The van der Waals surface area contributed by atoms with Crippen molar-refractivity contribution in [2.45, 2.75) is 32.2 Å². The number of methoxy groups -OCH3 is 2. The molecule has 1 saturated heterocycles. The van der Waals surface area contributed by atoms with Gasteiger partial charge in [0.2, 0.25) is 5.88 Å². The molecule has 0 bridgehead atoms. The lowest BCUT2D eigenvalue weighted by Gasteiger charge is -2.26. The predicted molar refractivity (Wildman–Crippen MR) is 119 cm³/mol. The van der Waals surface area contributed by atoms with Crippen molar-refractivity contribution >= 4 is 5.91 Å². The second kappa shape index (κ2) is 8.88. The maximum absolute atomic E-state index is 13.2. The van der Waals surface area contributed by atoms with Crippen LogP contribution >= 0.6 is 0 Å². The van der Waals surface area contributed by atoms with Gasteiger partial charge in [-0.15, -0.1) is 0 Å². The maximum atomic E-state index is 13.2. The Balaban J connectivity index is 1.61. The van der Waals surface area contributed by atoms with Gasteiger partial charge in [0.25, 0.3) is 5.91 Å². The van der Waals surface area contributed by atoms with Gasteiger partial charge >= 0.3 is 0 Å². The third kappa shape index (κ3) is 4.24. The summed E-state index contributed by atoms with van der Waals surface area (Å²) >= 11 is 0. The normalized spacial score (nSPS) is 17.3. The first-order valence-electron chi connectivity index (χ1n) is 10.3. The largest absolute Gasteiger partial charge is 0.496 e. The van der Waals surface area contributed by atoms with E-state index in [-0.39, 0.29) is 5.91 Å². The summed E-state index contributed by atoms with van der Waals surface area (Å²) in [5, 5.41) is 0. The summed E-state index contributed by atoms with van der Waals surface area (Å²) in [7, 11) is 3.17. The number of carbonyl (C=O) groups is 1. The van der Waals surface area contributed by atoms with Crippen molar-refractivity contribution in [1.29, 1.82) is 0 Å². The number of carbonyl (C=O) groups excluding carboxylic acids is 1. The van der Waals surface area contributed by atoms with Crippen molar-refractivity contribution in [1.82, 2.24) is 9.88 Å². The molecule has 0 N–H and O–H groups in total. The van der Waals surface area contributed by atoms with E-state index in [0.717, 1.165) is 5.56 Å². The van der Waals surface area contributed by atoms with Gasteiger partial charge in [-0.05, 0) is 43.7 Å². The molecule has 3 aromatic rings. The average molecular weight is 434 g/mol. The molecule has 0 radical (unpaired) electrons. The highest BCUT2D eigenvalue weighted by Crippen LogP contribution is 2.45. The van der Waals surface area contributed by atoms with Gasteiger partial charge in [0.1, 0.15) is 22.8 Å². The molecule has 0 saturated carbocycles. The quantitative estimate of drug-likeness (QED) is 0.536. The Morgan fingerprint density at radius 1 is 0.969 bits per heavy atom. The Bertz CT molecular complexity index is 1060. The molecular formula is C25H26N2O5. The van der Waals surface area contributed by atoms with Crippen molar-refractivity contribution in [2.24, 2.45) is 0 Å². The summed E-state index contributed by atoms with van der Waals surface area (Å²) in [6.07, 6.45) is 1.04. The van der Waals surface area contributed by atoms with E-state index >= 15 is 0 Å². The minimum Gasteiger partial charge on any atom is -0.496 e. The number of benzene rings is 2. The van der Waals surface area contributed by atoms with Crippen LogP contribution < -0.4 is 14.2 Å². The highest BCUT2D eigenvalue weighted by Gasteiger charge is 2.48. The molecule has 1 unspecified atom stereocenters. The van der Waals surface area contributed by atoms with Gasteiger partial charge in [-0.3, -0.25) is 4.79 Å². The third-order valence-corrected chi connectivity index (χ3v) is 5.29. The highest BCUT2D eigenvalue weighted by atomic mass is 16.6. The minimum atomic E-state index is -0.986. The molecule has 1 amide bonds. The average Bonchev–Trinajstić information content (AvgIpc) is 3.03. The molecule has 1 fully saturated rings. The molecule has 0 aliphatic carbocycles. The molecule has 0 spiro atoms. The van der Waals surface area contributed by atoms with Crippen LogP contribution in [0.1, 0.15) is 31.2 Å². The lowest BCUT2D eigenvalue weighted by molar-refractivity contribution is -0.134. The van der Waals surface area contributed by atoms with Crippen LogP contribution in [0.15, 0.2) is 66.9 Å². The number of hydrogen-bond acceptors (Lipinski definition) is 6. The van der Waals surface area contributed by atoms with E-state index in [2.05, 4.69) is 4.98 Å². The Kier molecular flexibility index (Phi) is 6.01. The van der Waals surface area contributed by atoms with E-state index in [1.807, 2.05) is 54.6 Å². The smallest absolute Gasteiger partial charge is 0.256 e. The highest BCUT2D eigenvalue weighted by molar-refractivity contribution is 5.86. The summed E-state index contributed by atoms with van der Waals surface area (Å²) in [5.41, 5.74) is 0.535. The maximum Gasteiger partial charge on any atom is 0.256 e. The Morgan fingerprint density at radius 2 is 1.66 bits per heavy atom. The molecular weight excluding hydrogens is 408 g/mol. The monoisotopic (exact) mass is 434 g/mol. The van der Waals surface area contributed by atoms with Gasteiger partial charge in [0.05, 0.1) is 26.3 Å². The molecule has 2 heterocycles. The molecule has 1 aliphatic heterocycles. The van der Waals surface area contributed by atoms with Crippen molar-refractivity contribution in [3.63, 3.8) is 0 Å². The van der Waals surface area contributed by atoms with E-state index in [1.165, 1.54) is 0 Å². The second-order valence-corrected chi connectivity index (χ2v) is 7.91. The molecule has 7 heteroatoms. The van der Waals surface area contributed by atoms with Gasteiger partial charge in [0, 0.05) is 12.3 Å². The summed E-state index contributed by atoms with van der Waals surface area (Å²) in [6, 6.07) is 18.6. The number of ether oxygens (including phenoxy) is 4. The zero-order chi connectivity index (χ0) is 22.7. The van der Waals surface area contributed by atoms with Crippen LogP contribution in [-0.2, 0) is 16.1 Å². The number of nitrogens with zero attached hydrogens (tertiary/aromatic N) is 2. The lowest BCUT2D eigenvalue weighted by Crippen LogP contribution is -2.35. The van der Waals surface area contributed by atoms with Crippen LogP contribution in [-0.4, -0.2) is 35.6 Å². The summed E-state index contributed by atoms with van der Waals surface area (Å²) in [5.74, 6) is 2.25. The molecule has 2 aromatic carbocycles. The second-order valence-electron chi connectivity index (χ2n) is 7.91. The van der Waals surface area contributed by atoms with Crippen molar-refractivity contribution in [3.8, 4) is 23.1 Å². The molecule has 1 atom stereocenters. The number of pyridine rings is 1. The van der Waals surface area contributed by atoms with Gasteiger partial charge in [-0.2, -0.15) is 0 Å². The molecule has 166 valence electrons. The molecule has 4 rings (SSSR count). The topological polar surface area (TPSA) is 70.1 Å². The van der Waals surface area contributed by atoms with Crippen molar-refractivity contribution < 1.29 is 23.7 Å². The molecule has 32 heavy (non-hydrogen) atoms. The molecule has 1 aromatic heterocycles. The van der Waals surface area contributed by atoms with E-state index in [0.29, 0.717) is 35.2 Å². The van der Waals surface area contributed by atoms with Crippen LogP contribution in [0.5, 0.6) is 23.1 Å². The standard InChI is InChI=1S/C25H26N2O5/c1-25(2)24(28)27(23(32-25)22-19(29-3)11-8-12-20(22)30-4)16-17-13-14-21(26-15-17)31-18-9-6-5-7-10-18/h5-15,23H,16H2,1-4H3. The van der Waals surface area contributed by atoms with Gasteiger partial charge in [-0.25, -0.2) is 4.98 Å². The predicted octanol–water partition coefficient (Wildman–Crippen LogP) is 4.73. The van der Waals surface area contributed by atoms with E-state index in [1.54, 1.807) is 45.2 Å². The van der Waals surface area contributed by atoms with Crippen LogP contribution in [0.25, 0.3) is 0 Å². The van der Waals surface area contributed by atoms with E-state index in [4.69, 9.17) is 18.9 Å². The zero-order valence-electron chi connectivity index (χ0n) is 18.6. The van der Waals surface area contributed by atoms with Crippen LogP contribution in [0.2, 0.25) is 0 Å². The summed E-state index contributed by atoms with van der Waals surface area (Å²) in [6.45, 7) is 3.84. The fourth-order valence-corrected chi connectivity index (χ4v) is 3.71. The Labute approximate surface area is 187 Å². The van der Waals surface area contributed by atoms with Crippen molar-refractivity contribution in [3.05, 3.63) is 78.0 Å². The summed E-state index contributed by atoms with van der Waals surface area (Å²) in [4.78, 5) is 19.3. The van der Waals surface area contributed by atoms with Crippen LogP contribution in [0.3, 0.4) is 0 Å². The fourth-order valence-electron chi connectivity index (χ4n) is 3.71. The van der Waals surface area contributed by atoms with Crippen molar-refractivity contribution in [2.75, 3.05) is 14.2 Å². The molecule has 1 aliphatic rings. The third-order valence-electron chi connectivity index (χ3n) is 5.29. The van der Waals surface area contributed by atoms with E-state index in [9.17, 15) is 4.79 Å². The first-order chi connectivity index (χ1) is 15.4. The number of para-hydroxylation sites is 1. The van der Waals surface area contributed by atoms with Gasteiger partial charge in [0.15, 0.2) is 6.23 Å². The minimum absolute atomic E-state index is 0.125. The summed E-state index contributed by atoms with van der Waals surface area (Å²) < 4.78 is 23.0. The van der Waals surface area contributed by atoms with Gasteiger partial charge in [-0.1, -0.05) is 30.3 Å².